The summed E-state index contributed by atoms with van der Waals surface area (Å²) in [6.45, 7) is 2.47. The molecule has 0 fully saturated rings. The van der Waals surface area contributed by atoms with Crippen molar-refractivity contribution in [2.24, 2.45) is 0 Å². The van der Waals surface area contributed by atoms with Crippen LogP contribution in [0.4, 0.5) is 0 Å². The zero-order valence-corrected chi connectivity index (χ0v) is 23.5. The van der Waals surface area contributed by atoms with Gasteiger partial charge in [0.2, 0.25) is 11.8 Å². The predicted octanol–water partition coefficient (Wildman–Crippen LogP) is 7.31. The van der Waals surface area contributed by atoms with Crippen molar-refractivity contribution in [3.8, 4) is 0 Å². The topological polar surface area (TPSA) is 49.4 Å². The Bertz CT molecular complexity index is 1170. The molecule has 0 aliphatic carbocycles. The first kappa shape index (κ1) is 28.7. The minimum absolute atomic E-state index is 0.136. The summed E-state index contributed by atoms with van der Waals surface area (Å²) in [5.41, 5.74) is 2.43. The molecule has 36 heavy (non-hydrogen) atoms. The van der Waals surface area contributed by atoms with Gasteiger partial charge in [-0.15, -0.1) is 11.8 Å². The number of hydrogen-bond donors (Lipinski definition) is 1. The van der Waals surface area contributed by atoms with Gasteiger partial charge in [-0.05, 0) is 47.9 Å². The summed E-state index contributed by atoms with van der Waals surface area (Å²) in [5.74, 6) is 0.183. The number of carbonyl (C=O) groups excluding carboxylic acids is 2. The quantitative estimate of drug-likeness (QED) is 0.257. The molecule has 3 aromatic rings. The molecule has 0 aromatic heterocycles. The second-order valence-electron chi connectivity index (χ2n) is 8.05. The molecule has 0 unspecified atom stereocenters. The largest absolute Gasteiger partial charge is 0.355 e. The van der Waals surface area contributed by atoms with E-state index in [4.69, 9.17) is 46.4 Å². The predicted molar refractivity (Wildman–Crippen MR) is 152 cm³/mol. The van der Waals surface area contributed by atoms with E-state index in [-0.39, 0.29) is 24.1 Å². The number of thioether (sulfide) groups is 1. The van der Waals surface area contributed by atoms with Gasteiger partial charge < -0.3 is 10.2 Å². The van der Waals surface area contributed by atoms with E-state index in [1.165, 1.54) is 11.8 Å². The zero-order chi connectivity index (χ0) is 26.1. The van der Waals surface area contributed by atoms with E-state index < -0.39 is 6.04 Å². The normalized spacial score (nSPS) is 11.7. The molecule has 0 spiro atoms. The molecule has 4 nitrogen and oxygen atoms in total. The number of nitrogens with one attached hydrogen (secondary N) is 1. The Hall–Kier alpha value is -1.89. The number of rotatable bonds is 11. The third-order valence-corrected chi connectivity index (χ3v) is 7.75. The Balaban J connectivity index is 1.88. The lowest BCUT2D eigenvalue weighted by molar-refractivity contribution is -0.139. The average molecular weight is 584 g/mol. The van der Waals surface area contributed by atoms with Crippen LogP contribution >= 0.6 is 58.2 Å². The maximum atomic E-state index is 13.6. The standard InChI is InChI=1S/C27H26Cl4N2O2S/c1-2-32-27(35)25(13-18-7-4-3-5-8-18)33(15-19-11-12-20(28)14-24(19)31)26(34)17-36-16-21-22(29)9-6-10-23(21)30/h3-12,14,25H,2,13,15-17H2,1H3,(H,32,35)/t25-/m1/s1. The van der Waals surface area contributed by atoms with Crippen LogP contribution in [0.3, 0.4) is 0 Å². The number of carbonyl (C=O) groups is 2. The number of nitrogens with zero attached hydrogens (tertiary/aromatic N) is 1. The molecule has 0 radical (unpaired) electrons. The highest BCUT2D eigenvalue weighted by Crippen LogP contribution is 2.29. The van der Waals surface area contributed by atoms with Crippen molar-refractivity contribution in [2.45, 2.75) is 31.7 Å². The molecule has 0 aliphatic rings. The van der Waals surface area contributed by atoms with E-state index in [0.29, 0.717) is 44.4 Å². The van der Waals surface area contributed by atoms with Crippen LogP contribution in [-0.2, 0) is 28.3 Å². The molecule has 0 bridgehead atoms. The van der Waals surface area contributed by atoms with Gasteiger partial charge >= 0.3 is 0 Å². The summed E-state index contributed by atoms with van der Waals surface area (Å²) < 4.78 is 0. The highest BCUT2D eigenvalue weighted by Gasteiger charge is 2.30. The molecule has 0 saturated heterocycles. The Morgan fingerprint density at radius 2 is 1.61 bits per heavy atom. The van der Waals surface area contributed by atoms with Crippen LogP contribution in [0.5, 0.6) is 0 Å². The monoisotopic (exact) mass is 582 g/mol. The summed E-state index contributed by atoms with van der Waals surface area (Å²) in [6.07, 6.45) is 0.366. The third-order valence-electron chi connectivity index (χ3n) is 5.51. The van der Waals surface area contributed by atoms with Crippen molar-refractivity contribution in [1.82, 2.24) is 10.2 Å². The molecule has 0 heterocycles. The smallest absolute Gasteiger partial charge is 0.243 e. The van der Waals surface area contributed by atoms with Gasteiger partial charge in [-0.25, -0.2) is 0 Å². The van der Waals surface area contributed by atoms with Crippen molar-refractivity contribution in [1.29, 1.82) is 0 Å². The Kier molecular flexibility index (Phi) is 11.3. The minimum atomic E-state index is -0.726. The lowest BCUT2D eigenvalue weighted by Gasteiger charge is -2.31. The molecule has 1 atom stereocenters. The van der Waals surface area contributed by atoms with E-state index in [1.54, 1.807) is 41.3 Å². The first-order valence-electron chi connectivity index (χ1n) is 11.4. The van der Waals surface area contributed by atoms with Crippen LogP contribution in [0.15, 0.2) is 66.7 Å². The van der Waals surface area contributed by atoms with Crippen molar-refractivity contribution in [3.63, 3.8) is 0 Å². The number of likely N-dealkylation sites (N-methyl/N-ethyl adjacent to an activating group) is 1. The minimum Gasteiger partial charge on any atom is -0.355 e. The summed E-state index contributed by atoms with van der Waals surface area (Å²) in [5, 5.41) is 4.92. The molecule has 3 aromatic carbocycles. The molecule has 3 rings (SSSR count). The van der Waals surface area contributed by atoms with Gasteiger partial charge in [0.25, 0.3) is 0 Å². The van der Waals surface area contributed by atoms with Crippen LogP contribution in [0, 0.1) is 0 Å². The van der Waals surface area contributed by atoms with Gasteiger partial charge in [0, 0.05) is 45.4 Å². The van der Waals surface area contributed by atoms with Gasteiger partial charge in [-0.1, -0.05) is 88.9 Å². The summed E-state index contributed by atoms with van der Waals surface area (Å²) >= 11 is 26.5. The molecular weight excluding hydrogens is 558 g/mol. The van der Waals surface area contributed by atoms with E-state index in [0.717, 1.165) is 11.1 Å². The number of amides is 2. The number of hydrogen-bond acceptors (Lipinski definition) is 3. The first-order valence-corrected chi connectivity index (χ1v) is 14.0. The number of halogens is 4. The Morgan fingerprint density at radius 3 is 2.25 bits per heavy atom. The maximum Gasteiger partial charge on any atom is 0.243 e. The zero-order valence-electron chi connectivity index (χ0n) is 19.6. The molecule has 0 aliphatic heterocycles. The number of benzene rings is 3. The van der Waals surface area contributed by atoms with E-state index in [9.17, 15) is 9.59 Å². The highest BCUT2D eigenvalue weighted by atomic mass is 35.5. The Labute approximate surface area is 236 Å². The van der Waals surface area contributed by atoms with Crippen molar-refractivity contribution in [2.75, 3.05) is 12.3 Å². The molecule has 2 amide bonds. The van der Waals surface area contributed by atoms with E-state index in [2.05, 4.69) is 5.32 Å². The Morgan fingerprint density at radius 1 is 0.917 bits per heavy atom. The van der Waals surface area contributed by atoms with Crippen LogP contribution in [0.1, 0.15) is 23.6 Å². The lowest BCUT2D eigenvalue weighted by Crippen LogP contribution is -2.51. The fourth-order valence-electron chi connectivity index (χ4n) is 3.67. The first-order chi connectivity index (χ1) is 17.3. The van der Waals surface area contributed by atoms with Crippen molar-refractivity contribution >= 4 is 70.0 Å². The van der Waals surface area contributed by atoms with Gasteiger partial charge in [0.05, 0.1) is 5.75 Å². The highest BCUT2D eigenvalue weighted by molar-refractivity contribution is 7.99. The van der Waals surface area contributed by atoms with Crippen LogP contribution in [0.2, 0.25) is 20.1 Å². The second-order valence-corrected chi connectivity index (χ2v) is 10.7. The molecule has 1 N–H and O–H groups in total. The van der Waals surface area contributed by atoms with Crippen LogP contribution in [-0.4, -0.2) is 35.1 Å². The van der Waals surface area contributed by atoms with Gasteiger partial charge in [-0.3, -0.25) is 9.59 Å². The lowest BCUT2D eigenvalue weighted by atomic mass is 10.0. The maximum absolute atomic E-state index is 13.6. The molecule has 190 valence electrons. The fourth-order valence-corrected chi connectivity index (χ4v) is 5.79. The summed E-state index contributed by atoms with van der Waals surface area (Å²) in [7, 11) is 0. The van der Waals surface area contributed by atoms with Crippen LogP contribution in [0.25, 0.3) is 0 Å². The van der Waals surface area contributed by atoms with E-state index >= 15 is 0 Å². The molecule has 9 heteroatoms. The van der Waals surface area contributed by atoms with Crippen molar-refractivity contribution < 1.29 is 9.59 Å². The van der Waals surface area contributed by atoms with Gasteiger partial charge in [-0.2, -0.15) is 0 Å². The second kappa shape index (κ2) is 14.2. The summed E-state index contributed by atoms with van der Waals surface area (Å²) in [6, 6.07) is 19.3. The third kappa shape index (κ3) is 8.06. The SMILES string of the molecule is CCNC(=O)[C@@H](Cc1ccccc1)N(Cc1ccc(Cl)cc1Cl)C(=O)CSCc1c(Cl)cccc1Cl. The van der Waals surface area contributed by atoms with E-state index in [1.807, 2.05) is 37.3 Å². The average Bonchev–Trinajstić information content (AvgIpc) is 2.85. The van der Waals surface area contributed by atoms with Gasteiger partial charge in [0.15, 0.2) is 0 Å². The van der Waals surface area contributed by atoms with Crippen molar-refractivity contribution in [3.05, 3.63) is 104 Å². The molecular formula is C27H26Cl4N2O2S. The summed E-state index contributed by atoms with van der Waals surface area (Å²) in [4.78, 5) is 28.4. The molecule has 0 saturated carbocycles. The van der Waals surface area contributed by atoms with Crippen LogP contribution < -0.4 is 5.32 Å². The fraction of sp³-hybridized carbons (Fsp3) is 0.259. The van der Waals surface area contributed by atoms with Gasteiger partial charge in [0.1, 0.15) is 6.04 Å².